The van der Waals surface area contributed by atoms with Crippen LogP contribution in [0.1, 0.15) is 18.4 Å². The lowest BCUT2D eigenvalue weighted by atomic mass is 10.1. The predicted octanol–water partition coefficient (Wildman–Crippen LogP) is 2.18. The van der Waals surface area contributed by atoms with E-state index in [1.165, 1.54) is 0 Å². The molecule has 0 atom stereocenters. The molecule has 2 N–H and O–H groups in total. The Bertz CT molecular complexity index is 509. The molecule has 0 heterocycles. The smallest absolute Gasteiger partial charge is 0.311 e. The van der Waals surface area contributed by atoms with Crippen LogP contribution in [-0.2, 0) is 4.79 Å². The van der Waals surface area contributed by atoms with E-state index in [-0.39, 0.29) is 12.2 Å². The summed E-state index contributed by atoms with van der Waals surface area (Å²) in [7, 11) is 0. The molecule has 6 nitrogen and oxygen atoms in total. The lowest BCUT2D eigenvalue weighted by Crippen LogP contribution is -2.24. The maximum absolute atomic E-state index is 11.0. The number of rotatable bonds is 5. The third-order valence-electron chi connectivity index (χ3n) is 3.34. The van der Waals surface area contributed by atoms with E-state index >= 15 is 0 Å². The van der Waals surface area contributed by atoms with Crippen molar-refractivity contribution in [2.75, 3.05) is 11.9 Å². The van der Waals surface area contributed by atoms with Gasteiger partial charge in [0.2, 0.25) is 0 Å². The standard InChI is InChI=1S/C12H14N2O4/c1-8-3-2-4-9(10(8)14(17)18)13-7-12(5-6-12)11(15)16/h2-4,13H,5-7H2,1H3,(H,15,16). The van der Waals surface area contributed by atoms with Crippen LogP contribution in [0.4, 0.5) is 11.4 Å². The first kappa shape index (κ1) is 12.3. The van der Waals surface area contributed by atoms with Crippen molar-refractivity contribution in [1.82, 2.24) is 0 Å². The zero-order chi connectivity index (χ0) is 13.3. The van der Waals surface area contributed by atoms with Gasteiger partial charge in [0.05, 0.1) is 10.3 Å². The van der Waals surface area contributed by atoms with Gasteiger partial charge in [-0.05, 0) is 25.8 Å². The number of nitrogens with zero attached hydrogens (tertiary/aromatic N) is 1. The molecule has 0 unspecified atom stereocenters. The number of hydrogen-bond acceptors (Lipinski definition) is 4. The van der Waals surface area contributed by atoms with Crippen molar-refractivity contribution in [2.24, 2.45) is 5.41 Å². The number of aryl methyl sites for hydroxylation is 1. The van der Waals surface area contributed by atoms with Crippen LogP contribution >= 0.6 is 0 Å². The van der Waals surface area contributed by atoms with Gasteiger partial charge in [0, 0.05) is 12.1 Å². The van der Waals surface area contributed by atoms with Crippen molar-refractivity contribution in [1.29, 1.82) is 0 Å². The molecule has 1 aromatic carbocycles. The first-order valence-electron chi connectivity index (χ1n) is 5.67. The SMILES string of the molecule is Cc1cccc(NCC2(C(=O)O)CC2)c1[N+](=O)[O-]. The topological polar surface area (TPSA) is 92.5 Å². The minimum atomic E-state index is -0.842. The van der Waals surface area contributed by atoms with E-state index in [1.807, 2.05) is 0 Å². The monoisotopic (exact) mass is 250 g/mol. The second-order valence-corrected chi connectivity index (χ2v) is 4.67. The van der Waals surface area contributed by atoms with Crippen molar-refractivity contribution in [3.63, 3.8) is 0 Å². The lowest BCUT2D eigenvalue weighted by molar-refractivity contribution is -0.384. The van der Waals surface area contributed by atoms with Gasteiger partial charge in [0.15, 0.2) is 0 Å². The molecule has 0 bridgehead atoms. The van der Waals surface area contributed by atoms with Crippen molar-refractivity contribution < 1.29 is 14.8 Å². The molecule has 0 radical (unpaired) electrons. The summed E-state index contributed by atoms with van der Waals surface area (Å²) in [6.07, 6.45) is 1.24. The fourth-order valence-corrected chi connectivity index (χ4v) is 1.93. The summed E-state index contributed by atoms with van der Waals surface area (Å²) in [5.41, 5.74) is 0.217. The van der Waals surface area contributed by atoms with Gasteiger partial charge in [-0.15, -0.1) is 0 Å². The average molecular weight is 250 g/mol. The Balaban J connectivity index is 2.17. The molecule has 96 valence electrons. The summed E-state index contributed by atoms with van der Waals surface area (Å²) < 4.78 is 0. The number of benzene rings is 1. The second kappa shape index (κ2) is 4.29. The Labute approximate surface area is 104 Å². The van der Waals surface area contributed by atoms with Crippen LogP contribution in [0.25, 0.3) is 0 Å². The van der Waals surface area contributed by atoms with Crippen molar-refractivity contribution in [2.45, 2.75) is 19.8 Å². The van der Waals surface area contributed by atoms with Crippen molar-refractivity contribution >= 4 is 17.3 Å². The Morgan fingerprint density at radius 2 is 2.22 bits per heavy atom. The van der Waals surface area contributed by atoms with E-state index in [0.29, 0.717) is 24.1 Å². The van der Waals surface area contributed by atoms with E-state index in [1.54, 1.807) is 25.1 Å². The predicted molar refractivity (Wildman–Crippen MR) is 65.6 cm³/mol. The van der Waals surface area contributed by atoms with E-state index < -0.39 is 16.3 Å². The summed E-state index contributed by atoms with van der Waals surface area (Å²) in [6.45, 7) is 1.89. The highest BCUT2D eigenvalue weighted by molar-refractivity contribution is 5.79. The van der Waals surface area contributed by atoms with Crippen LogP contribution in [0, 0.1) is 22.5 Å². The number of nitro benzene ring substituents is 1. The van der Waals surface area contributed by atoms with Crippen LogP contribution < -0.4 is 5.32 Å². The van der Waals surface area contributed by atoms with Gasteiger partial charge in [-0.1, -0.05) is 12.1 Å². The molecule has 0 spiro atoms. The zero-order valence-electron chi connectivity index (χ0n) is 9.97. The molecule has 0 saturated heterocycles. The summed E-state index contributed by atoms with van der Waals surface area (Å²) in [5, 5.41) is 22.9. The summed E-state index contributed by atoms with van der Waals surface area (Å²) in [5.74, 6) is -0.842. The average Bonchev–Trinajstić information content (AvgIpc) is 3.06. The summed E-state index contributed by atoms with van der Waals surface area (Å²) in [4.78, 5) is 21.5. The Hall–Kier alpha value is -2.11. The molecule has 1 aliphatic rings. The second-order valence-electron chi connectivity index (χ2n) is 4.67. The van der Waals surface area contributed by atoms with Crippen molar-refractivity contribution in [3.05, 3.63) is 33.9 Å². The zero-order valence-corrected chi connectivity index (χ0v) is 9.97. The lowest BCUT2D eigenvalue weighted by Gasteiger charge is -2.13. The fraction of sp³-hybridized carbons (Fsp3) is 0.417. The number of nitrogens with one attached hydrogen (secondary N) is 1. The fourth-order valence-electron chi connectivity index (χ4n) is 1.93. The number of carbonyl (C=O) groups is 1. The molecule has 6 heteroatoms. The first-order chi connectivity index (χ1) is 8.46. The minimum Gasteiger partial charge on any atom is -0.481 e. The van der Waals surface area contributed by atoms with E-state index in [2.05, 4.69) is 5.32 Å². The van der Waals surface area contributed by atoms with Gasteiger partial charge in [0.1, 0.15) is 5.69 Å². The third-order valence-corrected chi connectivity index (χ3v) is 3.34. The Morgan fingerprint density at radius 3 is 2.72 bits per heavy atom. The maximum Gasteiger partial charge on any atom is 0.311 e. The van der Waals surface area contributed by atoms with Gasteiger partial charge in [-0.2, -0.15) is 0 Å². The van der Waals surface area contributed by atoms with Crippen LogP contribution in [0.2, 0.25) is 0 Å². The highest BCUT2D eigenvalue weighted by Gasteiger charge is 2.50. The third kappa shape index (κ3) is 2.13. The maximum atomic E-state index is 11.0. The Morgan fingerprint density at radius 1 is 1.56 bits per heavy atom. The number of anilines is 1. The van der Waals surface area contributed by atoms with Gasteiger partial charge < -0.3 is 10.4 Å². The highest BCUT2D eigenvalue weighted by atomic mass is 16.6. The molecular weight excluding hydrogens is 236 g/mol. The van der Waals surface area contributed by atoms with E-state index in [0.717, 1.165) is 0 Å². The van der Waals surface area contributed by atoms with Gasteiger partial charge >= 0.3 is 5.97 Å². The number of carboxylic acid groups (broad SMARTS) is 1. The number of hydrogen-bond donors (Lipinski definition) is 2. The Kier molecular flexibility index (Phi) is 2.94. The summed E-state index contributed by atoms with van der Waals surface area (Å²) >= 11 is 0. The molecule has 1 fully saturated rings. The van der Waals surface area contributed by atoms with Crippen LogP contribution in [-0.4, -0.2) is 22.5 Å². The molecule has 1 aliphatic carbocycles. The largest absolute Gasteiger partial charge is 0.481 e. The van der Waals surface area contributed by atoms with Crippen molar-refractivity contribution in [3.8, 4) is 0 Å². The van der Waals surface area contributed by atoms with Gasteiger partial charge in [-0.3, -0.25) is 14.9 Å². The quantitative estimate of drug-likeness (QED) is 0.617. The summed E-state index contributed by atoms with van der Waals surface area (Å²) in [6, 6.07) is 4.97. The van der Waals surface area contributed by atoms with E-state index in [4.69, 9.17) is 5.11 Å². The van der Waals surface area contributed by atoms with Gasteiger partial charge in [0.25, 0.3) is 5.69 Å². The molecule has 1 aromatic rings. The number of nitro groups is 1. The number of carboxylic acids is 1. The van der Waals surface area contributed by atoms with Crippen LogP contribution in [0.15, 0.2) is 18.2 Å². The number of para-hydroxylation sites is 1. The number of aliphatic carboxylic acids is 1. The van der Waals surface area contributed by atoms with Crippen LogP contribution in [0.3, 0.4) is 0 Å². The molecule has 0 amide bonds. The minimum absolute atomic E-state index is 0.0127. The molecule has 18 heavy (non-hydrogen) atoms. The van der Waals surface area contributed by atoms with E-state index in [9.17, 15) is 14.9 Å². The molecular formula is C12H14N2O4. The molecule has 2 rings (SSSR count). The highest BCUT2D eigenvalue weighted by Crippen LogP contribution is 2.46. The first-order valence-corrected chi connectivity index (χ1v) is 5.67. The van der Waals surface area contributed by atoms with Crippen LogP contribution in [0.5, 0.6) is 0 Å². The normalized spacial score (nSPS) is 16.1. The molecule has 0 aromatic heterocycles. The van der Waals surface area contributed by atoms with Gasteiger partial charge in [-0.25, -0.2) is 0 Å². The molecule has 1 saturated carbocycles. The molecule has 0 aliphatic heterocycles.